The number of hydrogen-bond donors (Lipinski definition) is 2. The highest BCUT2D eigenvalue weighted by atomic mass is 32.1. The number of aromatic amines is 1. The number of para-hydroxylation sites is 1. The quantitative estimate of drug-likeness (QED) is 0.556. The van der Waals surface area contributed by atoms with Gasteiger partial charge in [0.05, 0.1) is 15.7 Å². The van der Waals surface area contributed by atoms with Gasteiger partial charge in [0.25, 0.3) is 5.91 Å². The SMILES string of the molecule is CC[C@@H](Cc1c[nH]c2ccccc12)NC(=O)c1ccc2scnc2c1. The molecule has 0 saturated heterocycles. The Morgan fingerprint density at radius 1 is 1.28 bits per heavy atom. The number of nitrogens with one attached hydrogen (secondary N) is 2. The van der Waals surface area contributed by atoms with Crippen molar-refractivity contribution in [1.29, 1.82) is 0 Å². The van der Waals surface area contributed by atoms with E-state index >= 15 is 0 Å². The van der Waals surface area contributed by atoms with Crippen LogP contribution in [0.25, 0.3) is 21.1 Å². The molecule has 0 aliphatic carbocycles. The number of fused-ring (bicyclic) bond motifs is 2. The zero-order chi connectivity index (χ0) is 17.2. The van der Waals surface area contributed by atoms with E-state index in [0.29, 0.717) is 5.56 Å². The number of rotatable bonds is 5. The Bertz CT molecular complexity index is 1030. The standard InChI is InChI=1S/C20H19N3OS/c1-2-15(9-14-11-21-17-6-4-3-5-16(14)17)23-20(24)13-7-8-19-18(10-13)22-12-25-19/h3-8,10-12,15,21H,2,9H2,1H3,(H,23,24)/t15-/m0/s1. The van der Waals surface area contributed by atoms with Crippen LogP contribution in [0.2, 0.25) is 0 Å². The average Bonchev–Trinajstić information content (AvgIpc) is 3.27. The number of thiazole rings is 1. The fourth-order valence-corrected chi connectivity index (χ4v) is 3.79. The van der Waals surface area contributed by atoms with Gasteiger partial charge in [-0.2, -0.15) is 0 Å². The molecule has 25 heavy (non-hydrogen) atoms. The Morgan fingerprint density at radius 2 is 2.16 bits per heavy atom. The van der Waals surface area contributed by atoms with Gasteiger partial charge in [-0.15, -0.1) is 11.3 Å². The second-order valence-electron chi connectivity index (χ2n) is 6.18. The number of benzene rings is 2. The predicted octanol–water partition coefficient (Wildman–Crippen LogP) is 4.53. The number of amides is 1. The third-order valence-corrected chi connectivity index (χ3v) is 5.37. The number of H-pyrrole nitrogens is 1. The van der Waals surface area contributed by atoms with Crippen molar-refractivity contribution in [3.05, 3.63) is 65.3 Å². The Kier molecular flexibility index (Phi) is 4.24. The number of aromatic nitrogens is 2. The van der Waals surface area contributed by atoms with Gasteiger partial charge in [-0.3, -0.25) is 4.79 Å². The number of carbonyl (C=O) groups excluding carboxylic acids is 1. The lowest BCUT2D eigenvalue weighted by molar-refractivity contribution is 0.0936. The molecule has 0 aliphatic heterocycles. The first kappa shape index (κ1) is 15.8. The number of nitrogens with zero attached hydrogens (tertiary/aromatic N) is 1. The Morgan fingerprint density at radius 3 is 3.04 bits per heavy atom. The van der Waals surface area contributed by atoms with Gasteiger partial charge in [0.15, 0.2) is 0 Å². The van der Waals surface area contributed by atoms with E-state index in [2.05, 4.69) is 34.3 Å². The third kappa shape index (κ3) is 3.15. The topological polar surface area (TPSA) is 57.8 Å². The van der Waals surface area contributed by atoms with Crippen LogP contribution in [0.1, 0.15) is 29.3 Å². The van der Waals surface area contributed by atoms with E-state index in [4.69, 9.17) is 0 Å². The Balaban J connectivity index is 1.52. The van der Waals surface area contributed by atoms with E-state index in [-0.39, 0.29) is 11.9 Å². The smallest absolute Gasteiger partial charge is 0.251 e. The van der Waals surface area contributed by atoms with E-state index in [1.807, 2.05) is 36.5 Å². The minimum atomic E-state index is -0.0402. The van der Waals surface area contributed by atoms with Crippen LogP contribution >= 0.6 is 11.3 Å². The van der Waals surface area contributed by atoms with E-state index < -0.39 is 0 Å². The summed E-state index contributed by atoms with van der Waals surface area (Å²) >= 11 is 1.58. The molecule has 4 aromatic rings. The molecule has 0 spiro atoms. The Hall–Kier alpha value is -2.66. The van der Waals surface area contributed by atoms with E-state index in [1.54, 1.807) is 16.8 Å². The molecule has 0 fully saturated rings. The molecular weight excluding hydrogens is 330 g/mol. The minimum absolute atomic E-state index is 0.0402. The van der Waals surface area contributed by atoms with Crippen molar-refractivity contribution in [1.82, 2.24) is 15.3 Å². The molecule has 0 bridgehead atoms. The van der Waals surface area contributed by atoms with Crippen molar-refractivity contribution in [2.45, 2.75) is 25.8 Å². The van der Waals surface area contributed by atoms with Crippen molar-refractivity contribution in [3.8, 4) is 0 Å². The molecule has 2 aromatic heterocycles. The van der Waals surface area contributed by atoms with E-state index in [0.717, 1.165) is 28.6 Å². The highest BCUT2D eigenvalue weighted by Crippen LogP contribution is 2.21. The zero-order valence-electron chi connectivity index (χ0n) is 14.0. The molecule has 1 amide bonds. The monoisotopic (exact) mass is 349 g/mol. The Labute approximate surface area is 149 Å². The molecule has 2 N–H and O–H groups in total. The molecule has 2 aromatic carbocycles. The first-order valence-corrected chi connectivity index (χ1v) is 9.31. The van der Waals surface area contributed by atoms with E-state index in [9.17, 15) is 4.79 Å². The van der Waals surface area contributed by atoms with Gasteiger partial charge in [-0.05, 0) is 42.7 Å². The third-order valence-electron chi connectivity index (χ3n) is 4.56. The molecule has 4 rings (SSSR count). The van der Waals surface area contributed by atoms with Crippen LogP contribution in [0.4, 0.5) is 0 Å². The maximum absolute atomic E-state index is 12.6. The second-order valence-corrected chi connectivity index (χ2v) is 7.06. The van der Waals surface area contributed by atoms with Crippen LogP contribution in [-0.2, 0) is 6.42 Å². The van der Waals surface area contributed by atoms with Crippen LogP contribution < -0.4 is 5.32 Å². The highest BCUT2D eigenvalue weighted by Gasteiger charge is 2.15. The molecule has 0 saturated carbocycles. The van der Waals surface area contributed by atoms with Gasteiger partial charge in [0, 0.05) is 28.7 Å². The molecular formula is C20H19N3OS. The van der Waals surface area contributed by atoms with Crippen LogP contribution in [0.5, 0.6) is 0 Å². The highest BCUT2D eigenvalue weighted by molar-refractivity contribution is 7.16. The summed E-state index contributed by atoms with van der Waals surface area (Å²) in [5.41, 5.74) is 5.71. The molecule has 0 unspecified atom stereocenters. The molecule has 0 radical (unpaired) electrons. The first-order chi connectivity index (χ1) is 12.2. The van der Waals surface area contributed by atoms with Gasteiger partial charge < -0.3 is 10.3 Å². The first-order valence-electron chi connectivity index (χ1n) is 8.43. The normalized spacial score (nSPS) is 12.5. The van der Waals surface area contributed by atoms with Crippen molar-refractivity contribution >= 4 is 38.4 Å². The predicted molar refractivity (Wildman–Crippen MR) is 103 cm³/mol. The lowest BCUT2D eigenvalue weighted by atomic mass is 10.0. The summed E-state index contributed by atoms with van der Waals surface area (Å²) in [6.07, 6.45) is 3.73. The summed E-state index contributed by atoms with van der Waals surface area (Å²) in [6, 6.07) is 14.0. The zero-order valence-corrected chi connectivity index (χ0v) is 14.8. The summed E-state index contributed by atoms with van der Waals surface area (Å²) in [6.45, 7) is 2.10. The van der Waals surface area contributed by atoms with Crippen molar-refractivity contribution < 1.29 is 4.79 Å². The van der Waals surface area contributed by atoms with Crippen LogP contribution in [-0.4, -0.2) is 21.9 Å². The van der Waals surface area contributed by atoms with Gasteiger partial charge >= 0.3 is 0 Å². The fraction of sp³-hybridized carbons (Fsp3) is 0.200. The maximum Gasteiger partial charge on any atom is 0.251 e. The van der Waals surface area contributed by atoms with E-state index in [1.165, 1.54) is 10.9 Å². The van der Waals surface area contributed by atoms with Crippen LogP contribution in [0, 0.1) is 0 Å². The molecule has 1 atom stereocenters. The van der Waals surface area contributed by atoms with Gasteiger partial charge in [-0.25, -0.2) is 4.98 Å². The summed E-state index contributed by atoms with van der Waals surface area (Å²) in [5.74, 6) is -0.0402. The molecule has 126 valence electrons. The average molecular weight is 349 g/mol. The summed E-state index contributed by atoms with van der Waals surface area (Å²) in [5, 5.41) is 4.39. The van der Waals surface area contributed by atoms with Gasteiger partial charge in [0.2, 0.25) is 0 Å². The van der Waals surface area contributed by atoms with Crippen LogP contribution in [0.3, 0.4) is 0 Å². The van der Waals surface area contributed by atoms with Crippen molar-refractivity contribution in [3.63, 3.8) is 0 Å². The van der Waals surface area contributed by atoms with Crippen molar-refractivity contribution in [2.24, 2.45) is 0 Å². The van der Waals surface area contributed by atoms with Gasteiger partial charge in [-0.1, -0.05) is 25.1 Å². The minimum Gasteiger partial charge on any atom is -0.361 e. The number of carbonyl (C=O) groups is 1. The van der Waals surface area contributed by atoms with Crippen LogP contribution in [0.15, 0.2) is 54.2 Å². The fourth-order valence-electron chi connectivity index (χ4n) is 3.13. The summed E-state index contributed by atoms with van der Waals surface area (Å²) < 4.78 is 1.10. The summed E-state index contributed by atoms with van der Waals surface area (Å²) in [4.78, 5) is 20.2. The molecule has 5 heteroatoms. The number of hydrogen-bond acceptors (Lipinski definition) is 3. The molecule has 4 nitrogen and oxygen atoms in total. The lowest BCUT2D eigenvalue weighted by Gasteiger charge is -2.17. The second kappa shape index (κ2) is 6.69. The van der Waals surface area contributed by atoms with Gasteiger partial charge in [0.1, 0.15) is 0 Å². The maximum atomic E-state index is 12.6. The molecule has 0 aliphatic rings. The lowest BCUT2D eigenvalue weighted by Crippen LogP contribution is -2.35. The largest absolute Gasteiger partial charge is 0.361 e. The molecule has 2 heterocycles. The van der Waals surface area contributed by atoms with Crippen molar-refractivity contribution in [2.75, 3.05) is 0 Å². The summed E-state index contributed by atoms with van der Waals surface area (Å²) in [7, 11) is 0.